The summed E-state index contributed by atoms with van der Waals surface area (Å²) in [5, 5.41) is 18.8. The van der Waals surface area contributed by atoms with Gasteiger partial charge in [0.05, 0.1) is 10.2 Å². The van der Waals surface area contributed by atoms with Gasteiger partial charge < -0.3 is 9.47 Å². The molecule has 0 aliphatic carbocycles. The molecule has 0 saturated heterocycles. The van der Waals surface area contributed by atoms with Gasteiger partial charge in [0.2, 0.25) is 0 Å². The molecule has 4 rings (SSSR count). The Labute approximate surface area is 170 Å². The number of aryl methyl sites for hydroxylation is 1. The minimum absolute atomic E-state index is 0.120. The molecular formula is C22H15N3O3S. The lowest BCUT2D eigenvalue weighted by molar-refractivity contribution is 0.171. The van der Waals surface area contributed by atoms with Crippen LogP contribution in [0.1, 0.15) is 11.1 Å². The Balaban J connectivity index is 2.01. The number of rotatable bonds is 2. The molecule has 142 valence electrons. The van der Waals surface area contributed by atoms with Gasteiger partial charge in [0.1, 0.15) is 30.0 Å². The lowest BCUT2D eigenvalue weighted by atomic mass is 10.1. The molecule has 0 radical (unpaired) electrons. The number of ether oxygens (including phenoxy) is 2. The van der Waals surface area contributed by atoms with E-state index in [1.165, 1.54) is 4.57 Å². The molecular weight excluding hydrogens is 386 g/mol. The van der Waals surface area contributed by atoms with Crippen molar-refractivity contribution in [1.82, 2.24) is 4.57 Å². The van der Waals surface area contributed by atoms with E-state index in [2.05, 4.69) is 0 Å². The van der Waals surface area contributed by atoms with Gasteiger partial charge in [0.15, 0.2) is 17.1 Å². The van der Waals surface area contributed by atoms with Crippen molar-refractivity contribution in [2.45, 2.75) is 6.92 Å². The molecule has 7 heteroatoms. The number of benzene rings is 2. The SMILES string of the molecule is Cc1cccc(/C=c2\sc(=C(C#N)C#N)n(-c3ccc4c(c3)OCCO4)c2=O)c1. The predicted molar refractivity (Wildman–Crippen MR) is 110 cm³/mol. The molecule has 0 unspecified atom stereocenters. The molecule has 2 aromatic carbocycles. The summed E-state index contributed by atoms with van der Waals surface area (Å²) in [5.41, 5.74) is 2.04. The number of fused-ring (bicyclic) bond motifs is 1. The van der Waals surface area contributed by atoms with E-state index in [9.17, 15) is 15.3 Å². The Bertz CT molecular complexity index is 1350. The number of aromatic nitrogens is 1. The number of nitrogens with zero attached hydrogens (tertiary/aromatic N) is 3. The van der Waals surface area contributed by atoms with Crippen LogP contribution in [0.25, 0.3) is 17.3 Å². The topological polar surface area (TPSA) is 88.0 Å². The monoisotopic (exact) mass is 401 g/mol. The average molecular weight is 401 g/mol. The Morgan fingerprint density at radius 2 is 1.86 bits per heavy atom. The zero-order valence-corrected chi connectivity index (χ0v) is 16.3. The van der Waals surface area contributed by atoms with Gasteiger partial charge in [-0.25, -0.2) is 0 Å². The van der Waals surface area contributed by atoms with Crippen molar-refractivity contribution in [3.05, 3.63) is 73.1 Å². The van der Waals surface area contributed by atoms with Crippen LogP contribution in [-0.2, 0) is 0 Å². The van der Waals surface area contributed by atoms with E-state index in [0.717, 1.165) is 22.5 Å². The Hall–Kier alpha value is -3.81. The molecule has 0 spiro atoms. The molecule has 1 aromatic heterocycles. The van der Waals surface area contributed by atoms with Crippen LogP contribution in [0.3, 0.4) is 0 Å². The summed E-state index contributed by atoms with van der Waals surface area (Å²) in [4.78, 5) is 13.2. The van der Waals surface area contributed by atoms with E-state index in [1.807, 2.05) is 43.3 Å². The van der Waals surface area contributed by atoms with Crippen molar-refractivity contribution in [3.8, 4) is 29.3 Å². The average Bonchev–Trinajstić information content (AvgIpc) is 3.04. The molecule has 1 aliphatic rings. The normalized spacial score (nSPS) is 12.9. The third-order valence-corrected chi connectivity index (χ3v) is 5.48. The van der Waals surface area contributed by atoms with Crippen molar-refractivity contribution in [3.63, 3.8) is 0 Å². The van der Waals surface area contributed by atoms with Gasteiger partial charge in [-0.3, -0.25) is 9.36 Å². The van der Waals surface area contributed by atoms with Crippen LogP contribution in [0.5, 0.6) is 11.5 Å². The highest BCUT2D eigenvalue weighted by Crippen LogP contribution is 2.31. The largest absolute Gasteiger partial charge is 0.486 e. The summed E-state index contributed by atoms with van der Waals surface area (Å²) in [5.74, 6) is 1.12. The quantitative estimate of drug-likeness (QED) is 0.655. The first-order valence-electron chi connectivity index (χ1n) is 8.85. The van der Waals surface area contributed by atoms with Gasteiger partial charge in [0.25, 0.3) is 5.56 Å². The summed E-state index contributed by atoms with van der Waals surface area (Å²) >= 11 is 1.12. The highest BCUT2D eigenvalue weighted by Gasteiger charge is 2.16. The third kappa shape index (κ3) is 3.52. The third-order valence-electron chi connectivity index (χ3n) is 4.38. The minimum atomic E-state index is -0.300. The molecule has 0 saturated carbocycles. The number of hydrogen-bond donors (Lipinski definition) is 0. The van der Waals surface area contributed by atoms with E-state index in [-0.39, 0.29) is 15.8 Å². The first-order valence-corrected chi connectivity index (χ1v) is 9.67. The number of hydrogen-bond acceptors (Lipinski definition) is 6. The maximum atomic E-state index is 13.2. The smallest absolute Gasteiger partial charge is 0.273 e. The van der Waals surface area contributed by atoms with Gasteiger partial charge in [0, 0.05) is 6.07 Å². The van der Waals surface area contributed by atoms with Crippen molar-refractivity contribution in [2.24, 2.45) is 0 Å². The van der Waals surface area contributed by atoms with E-state index in [4.69, 9.17) is 9.47 Å². The zero-order chi connectivity index (χ0) is 20.4. The first-order chi connectivity index (χ1) is 14.1. The van der Waals surface area contributed by atoms with Crippen molar-refractivity contribution in [2.75, 3.05) is 13.2 Å². The molecule has 29 heavy (non-hydrogen) atoms. The second kappa shape index (κ2) is 7.67. The minimum Gasteiger partial charge on any atom is -0.486 e. The molecule has 0 atom stereocenters. The fraction of sp³-hybridized carbons (Fsp3) is 0.136. The summed E-state index contributed by atoms with van der Waals surface area (Å²) < 4.78 is 13.2. The Morgan fingerprint density at radius 1 is 1.10 bits per heavy atom. The van der Waals surface area contributed by atoms with Gasteiger partial charge in [-0.2, -0.15) is 10.5 Å². The first kappa shape index (κ1) is 18.5. The van der Waals surface area contributed by atoms with E-state index in [1.54, 1.807) is 24.3 Å². The van der Waals surface area contributed by atoms with E-state index in [0.29, 0.717) is 34.9 Å². The van der Waals surface area contributed by atoms with Crippen LogP contribution in [0.2, 0.25) is 0 Å². The molecule has 0 bridgehead atoms. The molecule has 2 heterocycles. The van der Waals surface area contributed by atoms with Crippen molar-refractivity contribution < 1.29 is 9.47 Å². The molecule has 1 aliphatic heterocycles. The van der Waals surface area contributed by atoms with Gasteiger partial charge in [-0.1, -0.05) is 29.8 Å². The lowest BCUT2D eigenvalue weighted by Gasteiger charge is -2.18. The van der Waals surface area contributed by atoms with Crippen LogP contribution >= 0.6 is 11.3 Å². The summed E-state index contributed by atoms with van der Waals surface area (Å²) in [6.07, 6.45) is 1.77. The zero-order valence-electron chi connectivity index (χ0n) is 15.5. The van der Waals surface area contributed by atoms with E-state index >= 15 is 0 Å². The fourth-order valence-electron chi connectivity index (χ4n) is 3.09. The van der Waals surface area contributed by atoms with E-state index < -0.39 is 0 Å². The summed E-state index contributed by atoms with van der Waals surface area (Å²) in [7, 11) is 0. The van der Waals surface area contributed by atoms with Crippen molar-refractivity contribution >= 4 is 23.0 Å². The highest BCUT2D eigenvalue weighted by atomic mass is 32.1. The Morgan fingerprint density at radius 3 is 2.59 bits per heavy atom. The van der Waals surface area contributed by atoms with Crippen molar-refractivity contribution in [1.29, 1.82) is 10.5 Å². The van der Waals surface area contributed by atoms with Crippen LogP contribution in [0.4, 0.5) is 0 Å². The molecule has 0 fully saturated rings. The van der Waals surface area contributed by atoms with Gasteiger partial charge in [-0.15, -0.1) is 11.3 Å². The standard InChI is InChI=1S/C22H15N3O3S/c1-14-3-2-4-15(9-14)10-20-21(26)25(22(29-20)16(12-23)13-24)17-5-6-18-19(11-17)28-8-7-27-18/h2-6,9-11H,7-8H2,1H3/b20-10-. The maximum absolute atomic E-state index is 13.2. The van der Waals surface area contributed by atoms with Crippen LogP contribution in [-0.4, -0.2) is 17.8 Å². The molecule has 6 nitrogen and oxygen atoms in total. The molecule has 3 aromatic rings. The summed E-state index contributed by atoms with van der Waals surface area (Å²) in [6, 6.07) is 16.7. The van der Waals surface area contributed by atoms with Crippen LogP contribution < -0.4 is 24.2 Å². The maximum Gasteiger partial charge on any atom is 0.273 e. The van der Waals surface area contributed by atoms with Gasteiger partial charge >= 0.3 is 0 Å². The predicted octanol–water partition coefficient (Wildman–Crippen LogP) is 2.01. The number of nitriles is 2. The highest BCUT2D eigenvalue weighted by molar-refractivity contribution is 7.07. The molecule has 0 N–H and O–H groups in total. The summed E-state index contributed by atoms with van der Waals surface area (Å²) in [6.45, 7) is 2.86. The van der Waals surface area contributed by atoms with Gasteiger partial charge in [-0.05, 0) is 30.7 Å². The molecule has 0 amide bonds. The fourth-order valence-corrected chi connectivity index (χ4v) is 4.14. The number of thiazole rings is 1. The van der Waals surface area contributed by atoms with Crippen LogP contribution in [0.15, 0.2) is 47.3 Å². The second-order valence-corrected chi connectivity index (χ2v) is 7.43. The van der Waals surface area contributed by atoms with Crippen LogP contribution in [0, 0.1) is 29.6 Å². The Kier molecular flexibility index (Phi) is 4.90. The second-order valence-electron chi connectivity index (χ2n) is 6.40. The lowest BCUT2D eigenvalue weighted by Crippen LogP contribution is -2.30.